The fourth-order valence-electron chi connectivity index (χ4n) is 3.26. The Morgan fingerprint density at radius 2 is 2.15 bits per heavy atom. The Morgan fingerprint density at radius 1 is 1.41 bits per heavy atom. The number of hydrogen-bond acceptors (Lipinski definition) is 5. The molecule has 1 fully saturated rings. The zero-order chi connectivity index (χ0) is 19.3. The van der Waals surface area contributed by atoms with Crippen molar-refractivity contribution in [2.45, 2.75) is 38.0 Å². The summed E-state index contributed by atoms with van der Waals surface area (Å²) in [4.78, 5) is 14.6. The standard InChI is InChI=1S/C21H25N3O2S/c1-21(15-22,18-7-8-18)23-20(26)13-24(11-16-5-3-2-4-6-16)12-19(25)17-9-10-27-14-17/h2-6,9-10,14,18-19,25H,7-8,11-13H2,1H3,(H,23,26)/t19-,21+/m1/s1. The monoisotopic (exact) mass is 383 g/mol. The van der Waals surface area contributed by atoms with Crippen molar-refractivity contribution in [3.8, 4) is 6.07 Å². The number of aliphatic hydroxyl groups excluding tert-OH is 1. The van der Waals surface area contributed by atoms with E-state index in [1.165, 1.54) is 0 Å². The van der Waals surface area contributed by atoms with Crippen molar-refractivity contribution in [2.24, 2.45) is 5.92 Å². The van der Waals surface area contributed by atoms with Crippen LogP contribution < -0.4 is 5.32 Å². The molecule has 2 aromatic rings. The topological polar surface area (TPSA) is 76.4 Å². The molecule has 0 unspecified atom stereocenters. The van der Waals surface area contributed by atoms with Gasteiger partial charge < -0.3 is 10.4 Å². The molecule has 142 valence electrons. The van der Waals surface area contributed by atoms with E-state index < -0.39 is 11.6 Å². The van der Waals surface area contributed by atoms with E-state index in [0.29, 0.717) is 13.1 Å². The minimum absolute atomic E-state index is 0.139. The Labute approximate surface area is 164 Å². The molecule has 1 aromatic carbocycles. The van der Waals surface area contributed by atoms with Crippen LogP contribution in [0.5, 0.6) is 0 Å². The fraction of sp³-hybridized carbons (Fsp3) is 0.429. The molecule has 1 heterocycles. The predicted octanol–water partition coefficient (Wildman–Crippen LogP) is 3.09. The van der Waals surface area contributed by atoms with Crippen LogP contribution in [-0.2, 0) is 11.3 Å². The van der Waals surface area contributed by atoms with Gasteiger partial charge in [0.25, 0.3) is 0 Å². The molecule has 3 rings (SSSR count). The van der Waals surface area contributed by atoms with Crippen molar-refractivity contribution in [3.63, 3.8) is 0 Å². The number of thiophene rings is 1. The van der Waals surface area contributed by atoms with Gasteiger partial charge in [-0.15, -0.1) is 0 Å². The first kappa shape index (κ1) is 19.6. The van der Waals surface area contributed by atoms with Gasteiger partial charge in [0.1, 0.15) is 5.54 Å². The summed E-state index contributed by atoms with van der Waals surface area (Å²) >= 11 is 1.54. The lowest BCUT2D eigenvalue weighted by Crippen LogP contribution is -2.50. The van der Waals surface area contributed by atoms with Gasteiger partial charge in [-0.2, -0.15) is 16.6 Å². The number of rotatable bonds is 9. The number of benzene rings is 1. The maximum atomic E-state index is 12.6. The molecule has 0 aliphatic heterocycles. The lowest BCUT2D eigenvalue weighted by Gasteiger charge is -2.28. The number of nitriles is 1. The maximum Gasteiger partial charge on any atom is 0.235 e. The summed E-state index contributed by atoms with van der Waals surface area (Å²) in [5.41, 5.74) is 1.13. The van der Waals surface area contributed by atoms with Gasteiger partial charge >= 0.3 is 0 Å². The summed E-state index contributed by atoms with van der Waals surface area (Å²) in [6, 6.07) is 14.0. The molecule has 2 atom stereocenters. The normalized spacial score (nSPS) is 17.1. The summed E-state index contributed by atoms with van der Waals surface area (Å²) in [5, 5.41) is 26.8. The van der Waals surface area contributed by atoms with Crippen LogP contribution in [0, 0.1) is 17.2 Å². The summed E-state index contributed by atoms with van der Waals surface area (Å²) in [5.74, 6) is 0.0600. The van der Waals surface area contributed by atoms with E-state index in [1.807, 2.05) is 52.1 Å². The van der Waals surface area contributed by atoms with Crippen LogP contribution in [0.15, 0.2) is 47.2 Å². The van der Waals surface area contributed by atoms with Crippen LogP contribution in [0.2, 0.25) is 0 Å². The van der Waals surface area contributed by atoms with Crippen molar-refractivity contribution < 1.29 is 9.90 Å². The first-order valence-corrected chi connectivity index (χ1v) is 10.1. The molecule has 0 bridgehead atoms. The number of hydrogen-bond donors (Lipinski definition) is 2. The Balaban J connectivity index is 1.67. The molecule has 5 nitrogen and oxygen atoms in total. The third kappa shape index (κ3) is 5.39. The zero-order valence-electron chi connectivity index (χ0n) is 15.5. The average molecular weight is 384 g/mol. The van der Waals surface area contributed by atoms with Crippen LogP contribution in [0.1, 0.15) is 37.0 Å². The molecule has 1 saturated carbocycles. The predicted molar refractivity (Wildman–Crippen MR) is 106 cm³/mol. The number of aliphatic hydroxyl groups is 1. The summed E-state index contributed by atoms with van der Waals surface area (Å²) in [7, 11) is 0. The molecule has 1 aliphatic carbocycles. The first-order chi connectivity index (χ1) is 13.0. The quantitative estimate of drug-likeness (QED) is 0.698. The van der Waals surface area contributed by atoms with Crippen LogP contribution in [0.4, 0.5) is 0 Å². The van der Waals surface area contributed by atoms with E-state index >= 15 is 0 Å². The van der Waals surface area contributed by atoms with Crippen molar-refractivity contribution in [1.29, 1.82) is 5.26 Å². The van der Waals surface area contributed by atoms with Crippen LogP contribution in [0.25, 0.3) is 0 Å². The zero-order valence-corrected chi connectivity index (χ0v) is 16.3. The van der Waals surface area contributed by atoms with Crippen molar-refractivity contribution >= 4 is 17.2 Å². The van der Waals surface area contributed by atoms with Gasteiger partial charge in [0.05, 0.1) is 18.7 Å². The van der Waals surface area contributed by atoms with E-state index in [2.05, 4.69) is 11.4 Å². The molecule has 6 heteroatoms. The average Bonchev–Trinajstić information content (AvgIpc) is 3.37. The number of amides is 1. The third-order valence-electron chi connectivity index (χ3n) is 5.00. The lowest BCUT2D eigenvalue weighted by molar-refractivity contribution is -0.124. The van der Waals surface area contributed by atoms with Gasteiger partial charge in [-0.05, 0) is 53.6 Å². The second kappa shape index (κ2) is 8.66. The van der Waals surface area contributed by atoms with Crippen LogP contribution >= 0.6 is 11.3 Å². The van der Waals surface area contributed by atoms with Gasteiger partial charge in [-0.1, -0.05) is 30.3 Å². The highest BCUT2D eigenvalue weighted by atomic mass is 32.1. The van der Waals surface area contributed by atoms with Gasteiger partial charge in [0.15, 0.2) is 0 Å². The Hall–Kier alpha value is -2.20. The molecule has 1 aliphatic rings. The molecule has 0 spiro atoms. The van der Waals surface area contributed by atoms with Gasteiger partial charge in [-0.3, -0.25) is 9.69 Å². The fourth-order valence-corrected chi connectivity index (χ4v) is 3.96. The summed E-state index contributed by atoms with van der Waals surface area (Å²) in [6.07, 6.45) is 1.31. The molecular weight excluding hydrogens is 358 g/mol. The van der Waals surface area contributed by atoms with Crippen LogP contribution in [0.3, 0.4) is 0 Å². The molecule has 2 N–H and O–H groups in total. The summed E-state index contributed by atoms with van der Waals surface area (Å²) in [6.45, 7) is 2.85. The maximum absolute atomic E-state index is 12.6. The summed E-state index contributed by atoms with van der Waals surface area (Å²) < 4.78 is 0. The van der Waals surface area contributed by atoms with E-state index in [1.54, 1.807) is 18.3 Å². The molecule has 0 radical (unpaired) electrons. The second-order valence-electron chi connectivity index (χ2n) is 7.36. The third-order valence-corrected chi connectivity index (χ3v) is 5.70. The minimum Gasteiger partial charge on any atom is -0.387 e. The van der Waals surface area contributed by atoms with Gasteiger partial charge in [0, 0.05) is 13.1 Å². The SMILES string of the molecule is C[C@@](C#N)(NC(=O)CN(Cc1ccccc1)C[C@@H](O)c1ccsc1)C1CC1. The minimum atomic E-state index is -0.804. The molecule has 27 heavy (non-hydrogen) atoms. The Morgan fingerprint density at radius 3 is 2.74 bits per heavy atom. The largest absolute Gasteiger partial charge is 0.387 e. The molecule has 0 saturated heterocycles. The number of carbonyl (C=O) groups excluding carboxylic acids is 1. The first-order valence-electron chi connectivity index (χ1n) is 9.19. The smallest absolute Gasteiger partial charge is 0.235 e. The molecule has 1 amide bonds. The number of carbonyl (C=O) groups is 1. The number of nitrogens with one attached hydrogen (secondary N) is 1. The molecule has 1 aromatic heterocycles. The highest BCUT2D eigenvalue weighted by molar-refractivity contribution is 7.07. The van der Waals surface area contributed by atoms with Crippen molar-refractivity contribution in [1.82, 2.24) is 10.2 Å². The van der Waals surface area contributed by atoms with E-state index in [0.717, 1.165) is 24.0 Å². The Kier molecular flexibility index (Phi) is 6.27. The Bertz CT molecular complexity index is 784. The van der Waals surface area contributed by atoms with Crippen molar-refractivity contribution in [3.05, 3.63) is 58.3 Å². The van der Waals surface area contributed by atoms with Gasteiger partial charge in [0.2, 0.25) is 5.91 Å². The molecular formula is C21H25N3O2S. The highest BCUT2D eigenvalue weighted by Gasteiger charge is 2.43. The van der Waals surface area contributed by atoms with E-state index in [4.69, 9.17) is 0 Å². The van der Waals surface area contributed by atoms with Crippen molar-refractivity contribution in [2.75, 3.05) is 13.1 Å². The van der Waals surface area contributed by atoms with E-state index in [9.17, 15) is 15.2 Å². The number of nitrogens with zero attached hydrogens (tertiary/aromatic N) is 2. The van der Waals surface area contributed by atoms with Crippen LogP contribution in [-0.4, -0.2) is 34.5 Å². The van der Waals surface area contributed by atoms with Gasteiger partial charge in [-0.25, -0.2) is 0 Å². The van der Waals surface area contributed by atoms with E-state index in [-0.39, 0.29) is 18.4 Å². The second-order valence-corrected chi connectivity index (χ2v) is 8.14. The highest BCUT2D eigenvalue weighted by Crippen LogP contribution is 2.39. The lowest BCUT2D eigenvalue weighted by atomic mass is 9.98.